The van der Waals surface area contributed by atoms with Crippen molar-refractivity contribution >= 4 is 29.1 Å². The lowest BCUT2D eigenvalue weighted by atomic mass is 9.95. The normalized spacial score (nSPS) is 15.2. The van der Waals surface area contributed by atoms with Crippen LogP contribution in [0.2, 0.25) is 0 Å². The highest BCUT2D eigenvalue weighted by molar-refractivity contribution is 7.07. The third kappa shape index (κ3) is 5.17. The number of carbonyl (C=O) groups excluding carboxylic acids is 1. The Morgan fingerprint density at radius 1 is 1.11 bits per heavy atom. The molecule has 37 heavy (non-hydrogen) atoms. The second-order valence-corrected chi connectivity index (χ2v) is 9.64. The van der Waals surface area contributed by atoms with Crippen LogP contribution in [0, 0.1) is 0 Å². The van der Waals surface area contributed by atoms with Crippen LogP contribution in [0.4, 0.5) is 5.69 Å². The molecule has 194 valence electrons. The van der Waals surface area contributed by atoms with Crippen LogP contribution in [0.15, 0.2) is 63.5 Å². The Bertz CT molecular complexity index is 1520. The monoisotopic (exact) mass is 521 g/mol. The summed E-state index contributed by atoms with van der Waals surface area (Å²) in [5.41, 5.74) is 3.27. The van der Waals surface area contributed by atoms with Crippen LogP contribution < -0.4 is 29.3 Å². The fourth-order valence-corrected chi connectivity index (χ4v) is 5.31. The summed E-state index contributed by atoms with van der Waals surface area (Å²) in [4.78, 5) is 34.1. The molecule has 0 unspecified atom stereocenters. The Morgan fingerprint density at radius 3 is 2.46 bits per heavy atom. The lowest BCUT2D eigenvalue weighted by Crippen LogP contribution is -2.40. The van der Waals surface area contributed by atoms with Crippen LogP contribution in [-0.2, 0) is 9.53 Å². The Kier molecular flexibility index (Phi) is 7.83. The number of carbonyl (C=O) groups is 1. The van der Waals surface area contributed by atoms with Crippen LogP contribution in [0.3, 0.4) is 0 Å². The van der Waals surface area contributed by atoms with E-state index in [1.165, 1.54) is 11.3 Å². The zero-order chi connectivity index (χ0) is 26.7. The fourth-order valence-electron chi connectivity index (χ4n) is 4.26. The molecule has 1 atom stereocenters. The number of rotatable bonds is 8. The van der Waals surface area contributed by atoms with Gasteiger partial charge in [0.15, 0.2) is 16.3 Å². The summed E-state index contributed by atoms with van der Waals surface area (Å²) in [7, 11) is 5.53. The minimum atomic E-state index is -0.723. The van der Waals surface area contributed by atoms with Gasteiger partial charge in [-0.2, -0.15) is 0 Å². The van der Waals surface area contributed by atoms with Crippen LogP contribution >= 0.6 is 11.3 Å². The molecular weight excluding hydrogens is 490 g/mol. The summed E-state index contributed by atoms with van der Waals surface area (Å²) in [6.45, 7) is 6.05. The number of ether oxygens (including phenoxy) is 3. The molecule has 0 N–H and O–H groups in total. The summed E-state index contributed by atoms with van der Waals surface area (Å²) in [6, 6.07) is 12.6. The number of benzene rings is 2. The zero-order valence-corrected chi connectivity index (χ0v) is 22.7. The van der Waals surface area contributed by atoms with E-state index in [0.717, 1.165) is 11.3 Å². The molecule has 0 fully saturated rings. The molecule has 0 bridgehead atoms. The topological polar surface area (TPSA) is 82.4 Å². The van der Waals surface area contributed by atoms with E-state index in [9.17, 15) is 9.59 Å². The predicted molar refractivity (Wildman–Crippen MR) is 145 cm³/mol. The van der Waals surface area contributed by atoms with E-state index < -0.39 is 12.0 Å². The van der Waals surface area contributed by atoms with Crippen LogP contribution in [0.25, 0.3) is 6.08 Å². The van der Waals surface area contributed by atoms with Crippen molar-refractivity contribution in [3.05, 3.63) is 84.5 Å². The van der Waals surface area contributed by atoms with E-state index in [-0.39, 0.29) is 12.2 Å². The Morgan fingerprint density at radius 2 is 1.84 bits per heavy atom. The van der Waals surface area contributed by atoms with Crippen molar-refractivity contribution in [2.24, 2.45) is 4.99 Å². The number of fused-ring (bicyclic) bond motifs is 1. The molecule has 0 spiro atoms. The van der Waals surface area contributed by atoms with Crippen molar-refractivity contribution in [2.75, 3.05) is 39.3 Å². The lowest BCUT2D eigenvalue weighted by Gasteiger charge is -2.25. The van der Waals surface area contributed by atoms with Gasteiger partial charge in [0.1, 0.15) is 0 Å². The molecule has 1 aromatic heterocycles. The van der Waals surface area contributed by atoms with Gasteiger partial charge in [0, 0.05) is 19.8 Å². The molecule has 0 radical (unpaired) electrons. The highest BCUT2D eigenvalue weighted by Crippen LogP contribution is 2.36. The zero-order valence-electron chi connectivity index (χ0n) is 21.9. The van der Waals surface area contributed by atoms with Crippen molar-refractivity contribution in [3.8, 4) is 11.5 Å². The minimum Gasteiger partial charge on any atom is -0.493 e. The number of hydrogen-bond donors (Lipinski definition) is 0. The molecule has 0 amide bonds. The number of aromatic nitrogens is 1. The van der Waals surface area contributed by atoms with Crippen LogP contribution in [-0.4, -0.2) is 45.0 Å². The molecule has 1 aliphatic rings. The average Bonchev–Trinajstić information content (AvgIpc) is 3.18. The van der Waals surface area contributed by atoms with E-state index >= 15 is 0 Å². The van der Waals surface area contributed by atoms with Crippen LogP contribution in [0.5, 0.6) is 11.5 Å². The van der Waals surface area contributed by atoms with Crippen molar-refractivity contribution in [1.29, 1.82) is 0 Å². The van der Waals surface area contributed by atoms with Crippen molar-refractivity contribution < 1.29 is 19.0 Å². The molecular formula is C28H31N3O5S. The van der Waals surface area contributed by atoms with Crippen molar-refractivity contribution in [2.45, 2.75) is 26.8 Å². The van der Waals surface area contributed by atoms with Gasteiger partial charge in [-0.3, -0.25) is 9.36 Å². The van der Waals surface area contributed by atoms with Gasteiger partial charge >= 0.3 is 5.97 Å². The number of allylic oxidation sites excluding steroid dienone is 1. The molecule has 0 aliphatic carbocycles. The summed E-state index contributed by atoms with van der Waals surface area (Å²) >= 11 is 1.29. The maximum absolute atomic E-state index is 13.8. The molecule has 2 heterocycles. The third-order valence-electron chi connectivity index (χ3n) is 6.03. The van der Waals surface area contributed by atoms with Gasteiger partial charge < -0.3 is 19.1 Å². The van der Waals surface area contributed by atoms with Crippen molar-refractivity contribution in [1.82, 2.24) is 4.57 Å². The van der Waals surface area contributed by atoms with Gasteiger partial charge in [0.25, 0.3) is 5.56 Å². The molecule has 2 aromatic carbocycles. The average molecular weight is 522 g/mol. The molecule has 9 heteroatoms. The Hall–Kier alpha value is -3.85. The molecule has 8 nitrogen and oxygen atoms in total. The number of nitrogens with zero attached hydrogens (tertiary/aromatic N) is 3. The first-order chi connectivity index (χ1) is 17.8. The summed E-state index contributed by atoms with van der Waals surface area (Å²) in [6.07, 6.45) is 1.85. The van der Waals surface area contributed by atoms with Gasteiger partial charge in [0.05, 0.1) is 42.2 Å². The number of anilines is 1. The highest BCUT2D eigenvalue weighted by Gasteiger charge is 2.34. The quantitative estimate of drug-likeness (QED) is 0.423. The van der Waals surface area contributed by atoms with Gasteiger partial charge in [-0.15, -0.1) is 0 Å². The van der Waals surface area contributed by atoms with E-state index in [4.69, 9.17) is 14.2 Å². The standard InChI is InChI=1S/C28H31N3O5S/c1-7-35-22-16-19(11-14-21(22)34-6)25-24(27(33)36-8-2)17(3)29-28-31(25)26(32)23(37-28)15-18-9-12-20(13-10-18)30(4)5/h9-16,25H,7-8H2,1-6H3/b23-15-/t25-/m1/s1. The maximum atomic E-state index is 13.8. The number of thiazole rings is 1. The first-order valence-corrected chi connectivity index (χ1v) is 12.9. The molecule has 0 saturated carbocycles. The van der Waals surface area contributed by atoms with Gasteiger partial charge in [-0.25, -0.2) is 9.79 Å². The third-order valence-corrected chi connectivity index (χ3v) is 7.01. The predicted octanol–water partition coefficient (Wildman–Crippen LogP) is 3.27. The number of hydrogen-bond acceptors (Lipinski definition) is 8. The number of esters is 1. The van der Waals surface area contributed by atoms with Gasteiger partial charge in [-0.1, -0.05) is 29.5 Å². The summed E-state index contributed by atoms with van der Waals surface area (Å²) in [5.74, 6) is 0.595. The van der Waals surface area contributed by atoms with E-state index in [0.29, 0.717) is 44.3 Å². The van der Waals surface area contributed by atoms with E-state index in [2.05, 4.69) is 4.99 Å². The summed E-state index contributed by atoms with van der Waals surface area (Å²) in [5, 5.41) is 0. The SMILES string of the molecule is CCOC(=O)C1=C(C)N=c2s/c(=C\c3ccc(N(C)C)cc3)c(=O)n2[C@@H]1c1ccc(OC)c(OCC)c1. The summed E-state index contributed by atoms with van der Waals surface area (Å²) < 4.78 is 18.7. The lowest BCUT2D eigenvalue weighted by molar-refractivity contribution is -0.139. The molecule has 0 saturated heterocycles. The second kappa shape index (κ2) is 11.0. The van der Waals surface area contributed by atoms with E-state index in [1.807, 2.05) is 68.4 Å². The fraction of sp³-hybridized carbons (Fsp3) is 0.321. The van der Waals surface area contributed by atoms with Gasteiger partial charge in [0.2, 0.25) is 0 Å². The maximum Gasteiger partial charge on any atom is 0.338 e. The van der Waals surface area contributed by atoms with Crippen LogP contribution in [0.1, 0.15) is 37.9 Å². The molecule has 1 aliphatic heterocycles. The highest BCUT2D eigenvalue weighted by atomic mass is 32.1. The second-order valence-electron chi connectivity index (χ2n) is 8.63. The largest absolute Gasteiger partial charge is 0.493 e. The Labute approximate surface area is 219 Å². The first kappa shape index (κ1) is 26.2. The van der Waals surface area contributed by atoms with Crippen molar-refractivity contribution in [3.63, 3.8) is 0 Å². The van der Waals surface area contributed by atoms with E-state index in [1.54, 1.807) is 31.6 Å². The Balaban J connectivity index is 1.92. The molecule has 3 aromatic rings. The molecule has 4 rings (SSSR count). The van der Waals surface area contributed by atoms with Gasteiger partial charge in [-0.05, 0) is 62.2 Å². The number of methoxy groups -OCH3 is 1. The first-order valence-electron chi connectivity index (χ1n) is 12.1. The smallest absolute Gasteiger partial charge is 0.338 e. The minimum absolute atomic E-state index is 0.211.